The minimum absolute atomic E-state index is 0.0613. The van der Waals surface area contributed by atoms with E-state index >= 15 is 0 Å². The van der Waals surface area contributed by atoms with Gasteiger partial charge in [-0.2, -0.15) is 0 Å². The molecular weight excluding hydrogens is 252 g/mol. The van der Waals surface area contributed by atoms with E-state index in [2.05, 4.69) is 19.2 Å². The van der Waals surface area contributed by atoms with E-state index in [1.165, 1.54) is 11.8 Å². The van der Waals surface area contributed by atoms with Crippen molar-refractivity contribution in [3.05, 3.63) is 0 Å². The summed E-state index contributed by atoms with van der Waals surface area (Å²) in [6, 6.07) is -0.741. The molecule has 0 aliphatic heterocycles. The minimum Gasteiger partial charge on any atom is -0.480 e. The Hall–Kier alpha value is -0.750. The number of rotatable bonds is 9. The molecule has 0 radical (unpaired) electrons. The van der Waals surface area contributed by atoms with Gasteiger partial charge in [0.25, 0.3) is 0 Å². The third-order valence-corrected chi connectivity index (χ3v) is 3.49. The first-order valence-corrected chi connectivity index (χ1v) is 7.33. The SMILES string of the molecule is CC(C)CCC(C)NC(=O)CSCC(N)C(=O)O. The first kappa shape index (κ1) is 17.2. The number of nitrogens with one attached hydrogen (secondary N) is 1. The Bertz CT molecular complexity index is 272. The molecule has 0 rings (SSSR count). The first-order valence-electron chi connectivity index (χ1n) is 6.18. The van der Waals surface area contributed by atoms with E-state index in [1.54, 1.807) is 0 Å². The van der Waals surface area contributed by atoms with E-state index < -0.39 is 12.0 Å². The molecule has 0 saturated carbocycles. The molecule has 0 bridgehead atoms. The van der Waals surface area contributed by atoms with Crippen molar-refractivity contribution < 1.29 is 14.7 Å². The smallest absolute Gasteiger partial charge is 0.321 e. The molecule has 106 valence electrons. The lowest BCUT2D eigenvalue weighted by Crippen LogP contribution is -2.36. The van der Waals surface area contributed by atoms with Crippen LogP contribution in [0.5, 0.6) is 0 Å². The lowest BCUT2D eigenvalue weighted by atomic mass is 10.0. The van der Waals surface area contributed by atoms with Crippen LogP contribution in [0.1, 0.15) is 33.6 Å². The zero-order chi connectivity index (χ0) is 14.1. The van der Waals surface area contributed by atoms with Gasteiger partial charge >= 0.3 is 5.97 Å². The van der Waals surface area contributed by atoms with Crippen molar-refractivity contribution in [1.82, 2.24) is 5.32 Å². The fraction of sp³-hybridized carbons (Fsp3) is 0.833. The second-order valence-electron chi connectivity index (χ2n) is 4.90. The van der Waals surface area contributed by atoms with Crippen LogP contribution in [0.2, 0.25) is 0 Å². The molecule has 5 nitrogen and oxygen atoms in total. The lowest BCUT2D eigenvalue weighted by molar-refractivity contribution is -0.138. The fourth-order valence-electron chi connectivity index (χ4n) is 1.32. The summed E-state index contributed by atoms with van der Waals surface area (Å²) in [5.41, 5.74) is 5.33. The standard InChI is InChI=1S/C12H24N2O3S/c1-8(2)4-5-9(3)14-11(15)7-18-6-10(13)12(16)17/h8-10H,4-7,13H2,1-3H3,(H,14,15)(H,16,17). The monoisotopic (exact) mass is 276 g/mol. The van der Waals surface area contributed by atoms with E-state index in [0.717, 1.165) is 12.8 Å². The molecule has 2 atom stereocenters. The maximum atomic E-state index is 11.5. The van der Waals surface area contributed by atoms with Crippen LogP contribution in [0.3, 0.4) is 0 Å². The largest absolute Gasteiger partial charge is 0.480 e. The third kappa shape index (κ3) is 9.30. The summed E-state index contributed by atoms with van der Waals surface area (Å²) in [6.45, 7) is 6.28. The zero-order valence-electron chi connectivity index (χ0n) is 11.3. The van der Waals surface area contributed by atoms with Crippen molar-refractivity contribution in [2.75, 3.05) is 11.5 Å². The number of carboxylic acid groups (broad SMARTS) is 1. The van der Waals surface area contributed by atoms with Gasteiger partial charge in [-0.1, -0.05) is 13.8 Å². The van der Waals surface area contributed by atoms with Crippen molar-refractivity contribution in [3.8, 4) is 0 Å². The maximum Gasteiger partial charge on any atom is 0.321 e. The molecule has 18 heavy (non-hydrogen) atoms. The van der Waals surface area contributed by atoms with Crippen molar-refractivity contribution in [2.45, 2.75) is 45.7 Å². The molecule has 0 aromatic heterocycles. The molecule has 6 heteroatoms. The number of carbonyl (C=O) groups excluding carboxylic acids is 1. The van der Waals surface area contributed by atoms with Gasteiger partial charge in [-0.15, -0.1) is 11.8 Å². The summed E-state index contributed by atoms with van der Waals surface area (Å²) in [5, 5.41) is 11.5. The van der Waals surface area contributed by atoms with Gasteiger partial charge in [0.1, 0.15) is 6.04 Å². The average molecular weight is 276 g/mol. The summed E-state index contributed by atoms with van der Waals surface area (Å²) in [7, 11) is 0. The molecule has 0 saturated heterocycles. The number of nitrogens with two attached hydrogens (primary N) is 1. The van der Waals surface area contributed by atoms with Crippen molar-refractivity contribution in [3.63, 3.8) is 0 Å². The summed E-state index contributed by atoms with van der Waals surface area (Å²) < 4.78 is 0. The highest BCUT2D eigenvalue weighted by molar-refractivity contribution is 8.00. The van der Waals surface area contributed by atoms with Crippen LogP contribution in [0, 0.1) is 5.92 Å². The third-order valence-electron chi connectivity index (χ3n) is 2.43. The molecule has 0 fully saturated rings. The zero-order valence-corrected chi connectivity index (χ0v) is 12.1. The van der Waals surface area contributed by atoms with Gasteiger partial charge in [-0.3, -0.25) is 9.59 Å². The Morgan fingerprint density at radius 3 is 2.39 bits per heavy atom. The van der Waals surface area contributed by atoms with Gasteiger partial charge < -0.3 is 16.2 Å². The molecule has 4 N–H and O–H groups in total. The highest BCUT2D eigenvalue weighted by Gasteiger charge is 2.13. The Labute approximate surface area is 113 Å². The van der Waals surface area contributed by atoms with Crippen molar-refractivity contribution >= 4 is 23.6 Å². The Morgan fingerprint density at radius 2 is 1.89 bits per heavy atom. The Balaban J connectivity index is 3.67. The van der Waals surface area contributed by atoms with Gasteiger partial charge in [-0.25, -0.2) is 0 Å². The number of carboxylic acids is 1. The normalized spacial score (nSPS) is 14.3. The highest BCUT2D eigenvalue weighted by atomic mass is 32.2. The maximum absolute atomic E-state index is 11.5. The number of aliphatic carboxylic acids is 1. The van der Waals surface area contributed by atoms with Crippen LogP contribution >= 0.6 is 11.8 Å². The highest BCUT2D eigenvalue weighted by Crippen LogP contribution is 2.07. The van der Waals surface area contributed by atoms with Crippen molar-refractivity contribution in [1.29, 1.82) is 0 Å². The lowest BCUT2D eigenvalue weighted by Gasteiger charge is -2.15. The van der Waals surface area contributed by atoms with E-state index in [-0.39, 0.29) is 23.5 Å². The van der Waals surface area contributed by atoms with Crippen LogP contribution < -0.4 is 11.1 Å². The second-order valence-corrected chi connectivity index (χ2v) is 5.93. The first-order chi connectivity index (χ1) is 8.32. The van der Waals surface area contributed by atoms with Gasteiger partial charge in [0.2, 0.25) is 5.91 Å². The minimum atomic E-state index is -1.03. The van der Waals surface area contributed by atoms with Crippen LogP contribution in [-0.2, 0) is 9.59 Å². The van der Waals surface area contributed by atoms with E-state index in [0.29, 0.717) is 5.92 Å². The van der Waals surface area contributed by atoms with Gasteiger partial charge in [0, 0.05) is 11.8 Å². The molecule has 0 aromatic rings. The molecule has 0 aromatic carbocycles. The quantitative estimate of drug-likeness (QED) is 0.586. The summed E-state index contributed by atoms with van der Waals surface area (Å²) in [5.74, 6) is 0.0465. The van der Waals surface area contributed by atoms with Crippen LogP contribution in [-0.4, -0.2) is 40.6 Å². The molecule has 0 aliphatic rings. The molecule has 1 amide bonds. The van der Waals surface area contributed by atoms with E-state index in [9.17, 15) is 9.59 Å². The average Bonchev–Trinajstić information content (AvgIpc) is 2.25. The van der Waals surface area contributed by atoms with Gasteiger partial charge in [0.15, 0.2) is 0 Å². The Morgan fingerprint density at radius 1 is 1.28 bits per heavy atom. The fourth-order valence-corrected chi connectivity index (χ4v) is 2.10. The summed E-state index contributed by atoms with van der Waals surface area (Å²) >= 11 is 1.25. The predicted molar refractivity (Wildman–Crippen MR) is 74.6 cm³/mol. The molecule has 0 spiro atoms. The molecule has 2 unspecified atom stereocenters. The topological polar surface area (TPSA) is 92.4 Å². The second kappa shape index (κ2) is 9.22. The summed E-state index contributed by atoms with van der Waals surface area (Å²) in [4.78, 5) is 22.0. The number of thioether (sulfide) groups is 1. The predicted octanol–water partition coefficient (Wildman–Crippen LogP) is 1.07. The van der Waals surface area contributed by atoms with Gasteiger partial charge in [0.05, 0.1) is 5.75 Å². The van der Waals surface area contributed by atoms with Crippen LogP contribution in [0.15, 0.2) is 0 Å². The number of carbonyl (C=O) groups is 2. The molecule has 0 aliphatic carbocycles. The van der Waals surface area contributed by atoms with Gasteiger partial charge in [-0.05, 0) is 25.7 Å². The van der Waals surface area contributed by atoms with E-state index in [4.69, 9.17) is 10.8 Å². The molecule has 0 heterocycles. The van der Waals surface area contributed by atoms with E-state index in [1.807, 2.05) is 6.92 Å². The van der Waals surface area contributed by atoms with Crippen LogP contribution in [0.25, 0.3) is 0 Å². The number of hydrogen-bond donors (Lipinski definition) is 3. The van der Waals surface area contributed by atoms with Crippen LogP contribution in [0.4, 0.5) is 0 Å². The molecular formula is C12H24N2O3S. The van der Waals surface area contributed by atoms with Crippen molar-refractivity contribution in [2.24, 2.45) is 11.7 Å². The number of hydrogen-bond acceptors (Lipinski definition) is 4. The number of amides is 1. The Kier molecular flexibility index (Phi) is 8.83. The summed E-state index contributed by atoms with van der Waals surface area (Å²) in [6.07, 6.45) is 2.04.